The molecule has 1 saturated heterocycles. The molecule has 0 spiro atoms. The molecule has 0 saturated carbocycles. The highest BCUT2D eigenvalue weighted by Crippen LogP contribution is 2.25. The number of benzene rings is 2. The van der Waals surface area contributed by atoms with Crippen LogP contribution in [-0.4, -0.2) is 62.3 Å². The maximum atomic E-state index is 13.0. The summed E-state index contributed by atoms with van der Waals surface area (Å²) in [5.41, 5.74) is 2.32. The van der Waals surface area contributed by atoms with Gasteiger partial charge in [0.1, 0.15) is 5.01 Å². The van der Waals surface area contributed by atoms with Crippen molar-refractivity contribution in [3.63, 3.8) is 0 Å². The number of nitrogens with zero attached hydrogens (tertiary/aromatic N) is 3. The Morgan fingerprint density at radius 1 is 1.12 bits per heavy atom. The van der Waals surface area contributed by atoms with Gasteiger partial charge in [-0.25, -0.2) is 18.1 Å². The predicted molar refractivity (Wildman–Crippen MR) is 126 cm³/mol. The number of sulfonamides is 1. The number of aromatic nitrogens is 1. The van der Waals surface area contributed by atoms with Crippen LogP contribution in [0, 0.1) is 0 Å². The minimum absolute atomic E-state index is 0.0177. The molecule has 7 nitrogen and oxygen atoms in total. The van der Waals surface area contributed by atoms with E-state index in [9.17, 15) is 13.2 Å². The first-order chi connectivity index (χ1) is 15.4. The Hall–Kier alpha value is -2.30. The molecule has 0 unspecified atom stereocenters. The van der Waals surface area contributed by atoms with Gasteiger partial charge in [-0.1, -0.05) is 41.9 Å². The van der Waals surface area contributed by atoms with Crippen LogP contribution in [-0.2, 0) is 16.6 Å². The molecule has 0 radical (unpaired) electrons. The zero-order valence-corrected chi connectivity index (χ0v) is 19.9. The summed E-state index contributed by atoms with van der Waals surface area (Å²) in [6, 6.07) is 14.3. The molecule has 0 atom stereocenters. The summed E-state index contributed by atoms with van der Waals surface area (Å²) in [7, 11) is -2.33. The third kappa shape index (κ3) is 5.02. The normalized spacial score (nSPS) is 15.1. The van der Waals surface area contributed by atoms with Gasteiger partial charge >= 0.3 is 0 Å². The molecule has 4 rings (SSSR count). The number of carbonyl (C=O) groups is 1. The van der Waals surface area contributed by atoms with Gasteiger partial charge in [0.25, 0.3) is 5.91 Å². The Morgan fingerprint density at radius 3 is 2.53 bits per heavy atom. The fraction of sp³-hybridized carbons (Fsp3) is 0.273. The molecular weight excluding hydrogens is 468 g/mol. The monoisotopic (exact) mass is 490 g/mol. The highest BCUT2D eigenvalue weighted by Gasteiger charge is 2.25. The number of carbonyl (C=O) groups excluding carboxylic acids is 1. The molecule has 1 fully saturated rings. The molecule has 1 aliphatic heterocycles. The Kier molecular flexibility index (Phi) is 6.92. The van der Waals surface area contributed by atoms with E-state index in [0.29, 0.717) is 26.2 Å². The first kappa shape index (κ1) is 22.9. The summed E-state index contributed by atoms with van der Waals surface area (Å²) < 4.78 is 26.4. The van der Waals surface area contributed by atoms with Gasteiger partial charge < -0.3 is 4.90 Å². The van der Waals surface area contributed by atoms with Crippen LogP contribution in [0.15, 0.2) is 58.8 Å². The zero-order valence-electron chi connectivity index (χ0n) is 17.5. The second kappa shape index (κ2) is 9.68. The lowest BCUT2D eigenvalue weighted by Gasteiger charge is -2.34. The molecule has 0 bridgehead atoms. The third-order valence-corrected chi connectivity index (χ3v) is 8.05. The minimum atomic E-state index is -3.66. The van der Waals surface area contributed by atoms with Crippen molar-refractivity contribution in [1.29, 1.82) is 0 Å². The zero-order chi connectivity index (χ0) is 22.7. The van der Waals surface area contributed by atoms with E-state index < -0.39 is 10.0 Å². The number of hydrogen-bond acceptors (Lipinski definition) is 6. The van der Waals surface area contributed by atoms with Gasteiger partial charge in [-0.2, -0.15) is 0 Å². The Balaban J connectivity index is 1.38. The number of amides is 1. The molecular formula is C22H23ClN4O3S2. The van der Waals surface area contributed by atoms with Crippen molar-refractivity contribution in [3.05, 3.63) is 70.2 Å². The average Bonchev–Trinajstić information content (AvgIpc) is 3.28. The van der Waals surface area contributed by atoms with E-state index in [0.717, 1.165) is 22.8 Å². The minimum Gasteiger partial charge on any atom is -0.336 e. The lowest BCUT2D eigenvalue weighted by atomic mass is 10.1. The topological polar surface area (TPSA) is 82.6 Å². The van der Waals surface area contributed by atoms with Gasteiger partial charge in [-0.15, -0.1) is 11.3 Å². The molecule has 1 N–H and O–H groups in total. The van der Waals surface area contributed by atoms with Crippen LogP contribution in [0.4, 0.5) is 0 Å². The highest BCUT2D eigenvalue weighted by molar-refractivity contribution is 7.89. The lowest BCUT2D eigenvalue weighted by Crippen LogP contribution is -2.48. The molecule has 10 heteroatoms. The molecule has 1 amide bonds. The van der Waals surface area contributed by atoms with Gasteiger partial charge in [-0.3, -0.25) is 9.69 Å². The largest absolute Gasteiger partial charge is 0.336 e. The number of rotatable bonds is 6. The second-order valence-electron chi connectivity index (χ2n) is 7.43. The summed E-state index contributed by atoms with van der Waals surface area (Å²) in [5.74, 6) is -0.261. The SMILES string of the molecule is CNS(=O)(=O)c1ccc(Cl)c(C(=O)N2CCN(Cc3csc(-c4ccccc4)n3)CC2)c1. The van der Waals surface area contributed by atoms with Crippen LogP contribution in [0.5, 0.6) is 0 Å². The first-order valence-electron chi connectivity index (χ1n) is 10.1. The molecule has 2 heterocycles. The summed E-state index contributed by atoms with van der Waals surface area (Å²) in [6.07, 6.45) is 0. The van der Waals surface area contributed by atoms with E-state index in [1.165, 1.54) is 25.2 Å². The average molecular weight is 491 g/mol. The smallest absolute Gasteiger partial charge is 0.255 e. The number of hydrogen-bond donors (Lipinski definition) is 1. The Bertz CT molecular complexity index is 1210. The summed E-state index contributed by atoms with van der Waals surface area (Å²) >= 11 is 7.84. The van der Waals surface area contributed by atoms with Gasteiger partial charge in [0.15, 0.2) is 0 Å². The molecule has 3 aromatic rings. The molecule has 32 heavy (non-hydrogen) atoms. The summed E-state index contributed by atoms with van der Waals surface area (Å²) in [6.45, 7) is 3.20. The Labute approximate surface area is 196 Å². The van der Waals surface area contributed by atoms with Gasteiger partial charge in [-0.05, 0) is 25.2 Å². The van der Waals surface area contributed by atoms with Crippen LogP contribution < -0.4 is 4.72 Å². The van der Waals surface area contributed by atoms with Gasteiger partial charge in [0, 0.05) is 43.7 Å². The second-order valence-corrected chi connectivity index (χ2v) is 10.6. The Morgan fingerprint density at radius 2 is 1.84 bits per heavy atom. The van der Waals surface area contributed by atoms with Crippen molar-refractivity contribution < 1.29 is 13.2 Å². The lowest BCUT2D eigenvalue weighted by molar-refractivity contribution is 0.0627. The third-order valence-electron chi connectivity index (χ3n) is 5.36. The quantitative estimate of drug-likeness (QED) is 0.573. The van der Waals surface area contributed by atoms with Crippen molar-refractivity contribution in [2.45, 2.75) is 11.4 Å². The van der Waals surface area contributed by atoms with Crippen LogP contribution in [0.1, 0.15) is 16.1 Å². The fourth-order valence-corrected chi connectivity index (χ4v) is 5.33. The standard InChI is InChI=1S/C22H23ClN4O3S2/c1-24-32(29,30)18-7-8-20(23)19(13-18)22(28)27-11-9-26(10-12-27)14-17-15-31-21(25-17)16-5-3-2-4-6-16/h2-8,13,15,24H,9-12,14H2,1H3. The van der Waals surface area contributed by atoms with E-state index >= 15 is 0 Å². The number of piperazine rings is 1. The first-order valence-corrected chi connectivity index (χ1v) is 12.9. The maximum absolute atomic E-state index is 13.0. The van der Waals surface area contributed by atoms with E-state index in [1.807, 2.05) is 18.2 Å². The summed E-state index contributed by atoms with van der Waals surface area (Å²) in [5, 5.41) is 3.32. The van der Waals surface area contributed by atoms with Crippen LogP contribution >= 0.6 is 22.9 Å². The van der Waals surface area contributed by atoms with Crippen molar-refractivity contribution >= 4 is 38.9 Å². The molecule has 2 aromatic carbocycles. The van der Waals surface area contributed by atoms with E-state index in [4.69, 9.17) is 16.6 Å². The van der Waals surface area contributed by atoms with Crippen molar-refractivity contribution in [3.8, 4) is 10.6 Å². The number of nitrogens with one attached hydrogen (secondary N) is 1. The maximum Gasteiger partial charge on any atom is 0.255 e. The highest BCUT2D eigenvalue weighted by atomic mass is 35.5. The fourth-order valence-electron chi connectivity index (χ4n) is 3.55. The summed E-state index contributed by atoms with van der Waals surface area (Å²) in [4.78, 5) is 21.7. The van der Waals surface area contributed by atoms with Crippen molar-refractivity contribution in [1.82, 2.24) is 19.5 Å². The predicted octanol–water partition coefficient (Wildman–Crippen LogP) is 3.33. The number of thiazole rings is 1. The van der Waals surface area contributed by atoms with Crippen LogP contribution in [0.25, 0.3) is 10.6 Å². The molecule has 1 aliphatic rings. The van der Waals surface area contributed by atoms with E-state index in [-0.39, 0.29) is 21.4 Å². The molecule has 1 aromatic heterocycles. The van der Waals surface area contributed by atoms with E-state index in [1.54, 1.807) is 16.2 Å². The van der Waals surface area contributed by atoms with Crippen molar-refractivity contribution in [2.75, 3.05) is 33.2 Å². The van der Waals surface area contributed by atoms with Crippen molar-refractivity contribution in [2.24, 2.45) is 0 Å². The molecule has 168 valence electrons. The van der Waals surface area contributed by atoms with Crippen LogP contribution in [0.2, 0.25) is 5.02 Å². The van der Waals surface area contributed by atoms with Crippen LogP contribution in [0.3, 0.4) is 0 Å². The van der Waals surface area contributed by atoms with Gasteiger partial charge in [0.2, 0.25) is 10.0 Å². The molecule has 0 aliphatic carbocycles. The number of halogens is 1. The van der Waals surface area contributed by atoms with E-state index in [2.05, 4.69) is 27.1 Å². The van der Waals surface area contributed by atoms with Gasteiger partial charge in [0.05, 0.1) is 21.2 Å².